The van der Waals surface area contributed by atoms with E-state index in [1.54, 1.807) is 17.5 Å². The van der Waals surface area contributed by atoms with Gasteiger partial charge >= 0.3 is 0 Å². The van der Waals surface area contributed by atoms with Crippen molar-refractivity contribution in [1.82, 2.24) is 9.97 Å². The zero-order valence-corrected chi connectivity index (χ0v) is 10.4. The van der Waals surface area contributed by atoms with Gasteiger partial charge in [0.25, 0.3) is 0 Å². The quantitative estimate of drug-likeness (QED) is 0.904. The molecular weight excluding hydrogens is 230 g/mol. The van der Waals surface area contributed by atoms with E-state index in [4.69, 9.17) is 10.7 Å². The largest absolute Gasteiger partial charge is 0.330 e. The minimum Gasteiger partial charge on any atom is -0.330 e. The Morgan fingerprint density at radius 2 is 2.24 bits per heavy atom. The average molecular weight is 245 g/mol. The third kappa shape index (κ3) is 1.77. The lowest BCUT2D eigenvalue weighted by molar-refractivity contribution is 0.247. The van der Waals surface area contributed by atoms with E-state index in [0.29, 0.717) is 6.54 Å². The van der Waals surface area contributed by atoms with Crippen molar-refractivity contribution in [3.63, 3.8) is 0 Å². The molecule has 1 fully saturated rings. The second kappa shape index (κ2) is 4.20. The molecule has 0 spiro atoms. The Balaban J connectivity index is 1.93. The monoisotopic (exact) mass is 245 g/mol. The Morgan fingerprint density at radius 3 is 2.82 bits per heavy atom. The molecule has 1 saturated carbocycles. The molecule has 1 aliphatic rings. The standard InChI is InChI=1S/C13H15N3S/c14-9-13(5-3-6-13)11-8-17-12(16-11)10-4-1-2-7-15-10/h1-2,4,7-8H,3,5-6,9,14H2. The molecule has 0 saturated heterocycles. The SMILES string of the molecule is NCC1(c2csc(-c3ccccn3)n2)CCC1. The van der Waals surface area contributed by atoms with Crippen molar-refractivity contribution in [1.29, 1.82) is 0 Å². The van der Waals surface area contributed by atoms with Crippen LogP contribution in [0.1, 0.15) is 25.0 Å². The predicted octanol–water partition coefficient (Wildman–Crippen LogP) is 2.59. The number of nitrogens with zero attached hydrogens (tertiary/aromatic N) is 2. The molecular formula is C13H15N3S. The first-order chi connectivity index (χ1) is 8.34. The maximum absolute atomic E-state index is 5.90. The van der Waals surface area contributed by atoms with Crippen molar-refractivity contribution >= 4 is 11.3 Å². The molecule has 3 rings (SSSR count). The molecule has 0 radical (unpaired) electrons. The van der Waals surface area contributed by atoms with Crippen LogP contribution in [0.2, 0.25) is 0 Å². The summed E-state index contributed by atoms with van der Waals surface area (Å²) in [6, 6.07) is 5.91. The molecule has 0 atom stereocenters. The van der Waals surface area contributed by atoms with Gasteiger partial charge in [0.15, 0.2) is 0 Å². The Bertz CT molecular complexity index is 497. The zero-order valence-electron chi connectivity index (χ0n) is 9.60. The molecule has 4 heteroatoms. The van der Waals surface area contributed by atoms with Crippen LogP contribution in [0.3, 0.4) is 0 Å². The van der Waals surface area contributed by atoms with E-state index in [0.717, 1.165) is 16.4 Å². The lowest BCUT2D eigenvalue weighted by Gasteiger charge is -2.39. The van der Waals surface area contributed by atoms with Gasteiger partial charge in [0.1, 0.15) is 5.01 Å². The maximum Gasteiger partial charge on any atom is 0.142 e. The molecule has 2 aromatic rings. The molecule has 17 heavy (non-hydrogen) atoms. The number of aromatic nitrogens is 2. The summed E-state index contributed by atoms with van der Waals surface area (Å²) in [6.07, 6.45) is 5.43. The first kappa shape index (κ1) is 10.9. The molecule has 0 unspecified atom stereocenters. The maximum atomic E-state index is 5.90. The fraction of sp³-hybridized carbons (Fsp3) is 0.385. The summed E-state index contributed by atoms with van der Waals surface area (Å²) >= 11 is 1.66. The molecule has 2 aromatic heterocycles. The van der Waals surface area contributed by atoms with Gasteiger partial charge in [-0.1, -0.05) is 12.5 Å². The number of pyridine rings is 1. The lowest BCUT2D eigenvalue weighted by atomic mass is 9.67. The Hall–Kier alpha value is -1.26. The molecule has 88 valence electrons. The van der Waals surface area contributed by atoms with Crippen LogP contribution < -0.4 is 5.73 Å². The Labute approximate surface area is 105 Å². The van der Waals surface area contributed by atoms with Crippen molar-refractivity contribution in [3.8, 4) is 10.7 Å². The smallest absolute Gasteiger partial charge is 0.142 e. The van der Waals surface area contributed by atoms with Crippen LogP contribution in [0.25, 0.3) is 10.7 Å². The highest BCUT2D eigenvalue weighted by atomic mass is 32.1. The van der Waals surface area contributed by atoms with Gasteiger partial charge in [-0.3, -0.25) is 4.98 Å². The zero-order chi connectivity index (χ0) is 11.7. The van der Waals surface area contributed by atoms with Gasteiger partial charge in [0.2, 0.25) is 0 Å². The summed E-state index contributed by atoms with van der Waals surface area (Å²) in [5, 5.41) is 3.15. The van der Waals surface area contributed by atoms with Crippen LogP contribution in [0.4, 0.5) is 0 Å². The van der Waals surface area contributed by atoms with E-state index in [1.807, 2.05) is 18.2 Å². The predicted molar refractivity (Wildman–Crippen MR) is 69.9 cm³/mol. The van der Waals surface area contributed by atoms with Gasteiger partial charge in [0.05, 0.1) is 11.4 Å². The number of rotatable bonds is 3. The van der Waals surface area contributed by atoms with Gasteiger partial charge in [-0.25, -0.2) is 4.98 Å². The first-order valence-electron chi connectivity index (χ1n) is 5.92. The topological polar surface area (TPSA) is 51.8 Å². The highest BCUT2D eigenvalue weighted by Crippen LogP contribution is 2.43. The van der Waals surface area contributed by atoms with Gasteiger partial charge in [-0.15, -0.1) is 11.3 Å². The molecule has 0 aromatic carbocycles. The Morgan fingerprint density at radius 1 is 1.35 bits per heavy atom. The summed E-state index contributed by atoms with van der Waals surface area (Å²) < 4.78 is 0. The number of hydrogen-bond acceptors (Lipinski definition) is 4. The highest BCUT2D eigenvalue weighted by Gasteiger charge is 2.39. The van der Waals surface area contributed by atoms with Crippen molar-refractivity contribution in [2.24, 2.45) is 5.73 Å². The van der Waals surface area contributed by atoms with Crippen molar-refractivity contribution in [3.05, 3.63) is 35.5 Å². The van der Waals surface area contributed by atoms with Gasteiger partial charge in [-0.05, 0) is 25.0 Å². The third-order valence-electron chi connectivity index (χ3n) is 3.63. The normalized spacial score (nSPS) is 17.7. The van der Waals surface area contributed by atoms with Crippen LogP contribution in [-0.4, -0.2) is 16.5 Å². The second-order valence-electron chi connectivity index (χ2n) is 4.59. The van der Waals surface area contributed by atoms with E-state index in [9.17, 15) is 0 Å². The van der Waals surface area contributed by atoms with Crippen molar-refractivity contribution in [2.45, 2.75) is 24.7 Å². The van der Waals surface area contributed by atoms with Crippen LogP contribution in [0.5, 0.6) is 0 Å². The molecule has 2 N–H and O–H groups in total. The van der Waals surface area contributed by atoms with E-state index in [-0.39, 0.29) is 5.41 Å². The van der Waals surface area contributed by atoms with Crippen LogP contribution in [-0.2, 0) is 5.41 Å². The molecule has 2 heterocycles. The summed E-state index contributed by atoms with van der Waals surface area (Å²) in [7, 11) is 0. The third-order valence-corrected chi connectivity index (χ3v) is 4.50. The average Bonchev–Trinajstić information content (AvgIpc) is 2.80. The van der Waals surface area contributed by atoms with E-state index in [1.165, 1.54) is 19.3 Å². The molecule has 3 nitrogen and oxygen atoms in total. The highest BCUT2D eigenvalue weighted by molar-refractivity contribution is 7.13. The van der Waals surface area contributed by atoms with Gasteiger partial charge < -0.3 is 5.73 Å². The molecule has 1 aliphatic carbocycles. The van der Waals surface area contributed by atoms with Crippen molar-refractivity contribution < 1.29 is 0 Å². The lowest BCUT2D eigenvalue weighted by Crippen LogP contribution is -2.41. The molecule has 0 bridgehead atoms. The van der Waals surface area contributed by atoms with E-state index < -0.39 is 0 Å². The van der Waals surface area contributed by atoms with Gasteiger partial charge in [-0.2, -0.15) is 0 Å². The first-order valence-corrected chi connectivity index (χ1v) is 6.79. The fourth-order valence-electron chi connectivity index (χ4n) is 2.29. The Kier molecular flexibility index (Phi) is 2.68. The van der Waals surface area contributed by atoms with Crippen molar-refractivity contribution in [2.75, 3.05) is 6.54 Å². The fourth-order valence-corrected chi connectivity index (χ4v) is 3.21. The van der Waals surface area contributed by atoms with Crippen LogP contribution in [0.15, 0.2) is 29.8 Å². The van der Waals surface area contributed by atoms with Gasteiger partial charge in [0, 0.05) is 23.5 Å². The second-order valence-corrected chi connectivity index (χ2v) is 5.45. The summed E-state index contributed by atoms with van der Waals surface area (Å²) in [5.41, 5.74) is 8.17. The minimum atomic E-state index is 0.156. The number of thiazole rings is 1. The summed E-state index contributed by atoms with van der Waals surface area (Å²) in [6.45, 7) is 0.707. The molecule has 0 aliphatic heterocycles. The summed E-state index contributed by atoms with van der Waals surface area (Å²) in [4.78, 5) is 9.05. The van der Waals surface area contributed by atoms with Crippen LogP contribution in [0, 0.1) is 0 Å². The van der Waals surface area contributed by atoms with E-state index in [2.05, 4.69) is 10.4 Å². The summed E-state index contributed by atoms with van der Waals surface area (Å²) in [5.74, 6) is 0. The molecule has 0 amide bonds. The van der Waals surface area contributed by atoms with E-state index >= 15 is 0 Å². The number of hydrogen-bond donors (Lipinski definition) is 1. The van der Waals surface area contributed by atoms with Crippen LogP contribution >= 0.6 is 11.3 Å². The minimum absolute atomic E-state index is 0.156. The number of nitrogens with two attached hydrogens (primary N) is 1.